The number of rotatable bonds is 9. The lowest BCUT2D eigenvalue weighted by Gasteiger charge is -2.37. The number of carbonyl (C=O) groups excluding carboxylic acids is 1. The predicted molar refractivity (Wildman–Crippen MR) is 87.5 cm³/mol. The summed E-state index contributed by atoms with van der Waals surface area (Å²) >= 11 is 0. The lowest BCUT2D eigenvalue weighted by molar-refractivity contribution is -0.121. The summed E-state index contributed by atoms with van der Waals surface area (Å²) in [7, 11) is -1.47. The van der Waals surface area contributed by atoms with Gasteiger partial charge in [-0.25, -0.2) is 8.42 Å². The minimum Gasteiger partial charge on any atom is -0.384 e. The van der Waals surface area contributed by atoms with Gasteiger partial charge in [0.25, 0.3) is 0 Å². The summed E-state index contributed by atoms with van der Waals surface area (Å²) in [5.74, 6) is -0.0378. The number of piperidine rings is 1. The number of sulfone groups is 1. The van der Waals surface area contributed by atoms with Crippen LogP contribution in [0.3, 0.4) is 0 Å². The van der Waals surface area contributed by atoms with Crippen LogP contribution in [0.15, 0.2) is 0 Å². The van der Waals surface area contributed by atoms with Crippen LogP contribution in [0.4, 0.5) is 0 Å². The Balaban J connectivity index is 2.41. The molecule has 0 saturated carbocycles. The van der Waals surface area contributed by atoms with Gasteiger partial charge >= 0.3 is 0 Å². The first-order valence-corrected chi connectivity index (χ1v) is 9.77. The smallest absolute Gasteiger partial charge is 0.221 e. The molecule has 1 rings (SSSR count). The zero-order valence-corrected chi connectivity index (χ0v) is 14.8. The van der Waals surface area contributed by atoms with Gasteiger partial charge in [-0.2, -0.15) is 0 Å². The summed E-state index contributed by atoms with van der Waals surface area (Å²) < 4.78 is 28.9. The molecule has 0 unspecified atom stereocenters. The molecule has 1 fully saturated rings. The second-order valence-electron chi connectivity index (χ2n) is 6.72. The van der Waals surface area contributed by atoms with Gasteiger partial charge in [-0.15, -0.1) is 0 Å². The Morgan fingerprint density at radius 2 is 1.95 bits per heavy atom. The molecule has 1 amide bonds. The fraction of sp³-hybridized carbons (Fsp3) is 0.933. The van der Waals surface area contributed by atoms with Gasteiger partial charge in [-0.3, -0.25) is 4.79 Å². The van der Waals surface area contributed by atoms with Crippen LogP contribution in [0.25, 0.3) is 0 Å². The van der Waals surface area contributed by atoms with Crippen molar-refractivity contribution in [2.45, 2.75) is 33.1 Å². The molecule has 0 spiro atoms. The van der Waals surface area contributed by atoms with Crippen molar-refractivity contribution in [2.75, 3.05) is 44.9 Å². The highest BCUT2D eigenvalue weighted by Gasteiger charge is 2.32. The van der Waals surface area contributed by atoms with Crippen LogP contribution in [0.5, 0.6) is 0 Å². The number of carbonyl (C=O) groups is 1. The average molecular weight is 334 g/mol. The number of hydrogen-bond acceptors (Lipinski definition) is 5. The molecule has 1 heterocycles. The predicted octanol–water partition coefficient (Wildman–Crippen LogP) is 0.580. The molecule has 6 nitrogen and oxygen atoms in total. The largest absolute Gasteiger partial charge is 0.384 e. The molecule has 1 aliphatic heterocycles. The van der Waals surface area contributed by atoms with Crippen molar-refractivity contribution in [3.8, 4) is 0 Å². The molecular weight excluding hydrogens is 304 g/mol. The molecule has 22 heavy (non-hydrogen) atoms. The van der Waals surface area contributed by atoms with Crippen molar-refractivity contribution in [1.82, 2.24) is 10.6 Å². The minimum absolute atomic E-state index is 0.0353. The van der Waals surface area contributed by atoms with Crippen LogP contribution in [-0.2, 0) is 19.4 Å². The van der Waals surface area contributed by atoms with Crippen molar-refractivity contribution in [2.24, 2.45) is 11.3 Å². The van der Waals surface area contributed by atoms with E-state index >= 15 is 0 Å². The highest BCUT2D eigenvalue weighted by Crippen LogP contribution is 2.28. The van der Waals surface area contributed by atoms with Crippen LogP contribution < -0.4 is 10.6 Å². The van der Waals surface area contributed by atoms with Crippen molar-refractivity contribution in [3.05, 3.63) is 0 Å². The van der Waals surface area contributed by atoms with Crippen molar-refractivity contribution in [3.63, 3.8) is 0 Å². The van der Waals surface area contributed by atoms with Gasteiger partial charge < -0.3 is 15.4 Å². The van der Waals surface area contributed by atoms with Crippen molar-refractivity contribution >= 4 is 15.7 Å². The maximum atomic E-state index is 11.9. The van der Waals surface area contributed by atoms with E-state index in [-0.39, 0.29) is 35.2 Å². The first-order chi connectivity index (χ1) is 10.3. The standard InChI is InChI=1S/C15H30N2O4S/c1-13(2)10-22(19,20)9-4-14(18)17-11-15(12-21-3)5-7-16-8-6-15/h13,16H,4-12H2,1-3H3,(H,17,18). The summed E-state index contributed by atoms with van der Waals surface area (Å²) in [5.41, 5.74) is -0.0353. The van der Waals surface area contributed by atoms with E-state index in [1.54, 1.807) is 7.11 Å². The van der Waals surface area contributed by atoms with Gasteiger partial charge in [-0.05, 0) is 31.8 Å². The summed E-state index contributed by atoms with van der Waals surface area (Å²) in [4.78, 5) is 11.9. The van der Waals surface area contributed by atoms with Crippen LogP contribution in [0.1, 0.15) is 33.1 Å². The van der Waals surface area contributed by atoms with Crippen molar-refractivity contribution in [1.29, 1.82) is 0 Å². The molecule has 0 bridgehead atoms. The van der Waals surface area contributed by atoms with Gasteiger partial charge in [0.05, 0.1) is 18.1 Å². The Kier molecular flexibility index (Phi) is 7.79. The van der Waals surface area contributed by atoms with Gasteiger partial charge in [0.2, 0.25) is 5.91 Å². The molecule has 1 saturated heterocycles. The van der Waals surface area contributed by atoms with E-state index in [9.17, 15) is 13.2 Å². The maximum Gasteiger partial charge on any atom is 0.221 e. The highest BCUT2D eigenvalue weighted by molar-refractivity contribution is 7.91. The fourth-order valence-corrected chi connectivity index (χ4v) is 4.53. The second-order valence-corrected chi connectivity index (χ2v) is 8.95. The topological polar surface area (TPSA) is 84.5 Å². The lowest BCUT2D eigenvalue weighted by atomic mass is 9.79. The third kappa shape index (κ3) is 7.07. The molecule has 7 heteroatoms. The molecule has 130 valence electrons. The summed E-state index contributed by atoms with van der Waals surface area (Å²) in [5, 5.41) is 6.19. The Morgan fingerprint density at radius 3 is 2.50 bits per heavy atom. The number of nitrogens with one attached hydrogen (secondary N) is 2. The van der Waals surface area contributed by atoms with E-state index < -0.39 is 9.84 Å². The molecule has 0 aromatic carbocycles. The van der Waals surface area contributed by atoms with Crippen LogP contribution >= 0.6 is 0 Å². The van der Waals surface area contributed by atoms with Crippen LogP contribution in [0.2, 0.25) is 0 Å². The quantitative estimate of drug-likeness (QED) is 0.644. The monoisotopic (exact) mass is 334 g/mol. The third-order valence-electron chi connectivity index (χ3n) is 4.00. The minimum atomic E-state index is -3.14. The van der Waals surface area contributed by atoms with Gasteiger partial charge in [0, 0.05) is 25.5 Å². The number of amides is 1. The molecule has 0 radical (unpaired) electrons. The molecule has 0 aromatic heterocycles. The maximum absolute atomic E-state index is 11.9. The Bertz CT molecular complexity index is 437. The number of methoxy groups -OCH3 is 1. The van der Waals surface area contributed by atoms with Crippen molar-refractivity contribution < 1.29 is 17.9 Å². The summed E-state index contributed by atoms with van der Waals surface area (Å²) in [6, 6.07) is 0. The zero-order valence-electron chi connectivity index (χ0n) is 14.0. The van der Waals surface area contributed by atoms with Gasteiger partial charge in [0.15, 0.2) is 9.84 Å². The van der Waals surface area contributed by atoms with E-state index in [1.165, 1.54) is 0 Å². The normalized spacial score (nSPS) is 18.4. The van der Waals surface area contributed by atoms with E-state index in [0.29, 0.717) is 13.2 Å². The average Bonchev–Trinajstić information content (AvgIpc) is 2.43. The summed E-state index contributed by atoms with van der Waals surface area (Å²) in [6.07, 6.45) is 1.94. The Morgan fingerprint density at radius 1 is 1.32 bits per heavy atom. The van der Waals surface area contributed by atoms with Crippen LogP contribution in [-0.4, -0.2) is 59.2 Å². The van der Waals surface area contributed by atoms with Gasteiger partial charge in [-0.1, -0.05) is 13.8 Å². The molecule has 0 aliphatic carbocycles. The highest BCUT2D eigenvalue weighted by atomic mass is 32.2. The zero-order chi connectivity index (χ0) is 16.6. The van der Waals surface area contributed by atoms with E-state index in [4.69, 9.17) is 4.74 Å². The fourth-order valence-electron chi connectivity index (χ4n) is 2.85. The number of hydrogen-bond donors (Lipinski definition) is 2. The second kappa shape index (κ2) is 8.84. The van der Waals surface area contributed by atoms with E-state index in [0.717, 1.165) is 25.9 Å². The molecule has 2 N–H and O–H groups in total. The SMILES string of the molecule is COCC1(CNC(=O)CCS(=O)(=O)CC(C)C)CCNCC1. The summed E-state index contributed by atoms with van der Waals surface area (Å²) in [6.45, 7) is 6.72. The van der Waals surface area contributed by atoms with Crippen LogP contribution in [0, 0.1) is 11.3 Å². The first-order valence-electron chi connectivity index (χ1n) is 7.95. The molecular formula is C15H30N2O4S. The van der Waals surface area contributed by atoms with E-state index in [2.05, 4.69) is 10.6 Å². The van der Waals surface area contributed by atoms with Gasteiger partial charge in [0.1, 0.15) is 0 Å². The molecule has 0 atom stereocenters. The Hall–Kier alpha value is -0.660. The molecule has 0 aromatic rings. The number of ether oxygens (including phenoxy) is 1. The lowest BCUT2D eigenvalue weighted by Crippen LogP contribution is -2.47. The van der Waals surface area contributed by atoms with E-state index in [1.807, 2.05) is 13.8 Å². The molecule has 1 aliphatic rings. The Labute approximate surface area is 134 Å². The first kappa shape index (κ1) is 19.4. The third-order valence-corrected chi connectivity index (χ3v) is 6.00.